The summed E-state index contributed by atoms with van der Waals surface area (Å²) in [4.78, 5) is 11.1. The number of hydrogen-bond donors (Lipinski definition) is 0. The Balaban J connectivity index is 2.38. The van der Waals surface area contributed by atoms with E-state index in [9.17, 15) is 4.79 Å². The minimum atomic E-state index is -0.360. The number of ether oxygens (including phenoxy) is 1. The Morgan fingerprint density at radius 3 is 1.85 bits per heavy atom. The fourth-order valence-corrected chi connectivity index (χ4v) is 1.89. The molecular weight excluding hydrogens is 248 g/mol. The van der Waals surface area contributed by atoms with Crippen LogP contribution in [0.15, 0.2) is 78.9 Å². The second-order valence-corrected chi connectivity index (χ2v) is 4.19. The third kappa shape index (κ3) is 3.69. The van der Waals surface area contributed by atoms with E-state index in [4.69, 9.17) is 0 Å². The zero-order chi connectivity index (χ0) is 14.2. The fraction of sp³-hybridized carbons (Fsp3) is 0.0556. The third-order valence-corrected chi connectivity index (χ3v) is 2.87. The van der Waals surface area contributed by atoms with Gasteiger partial charge in [0.05, 0.1) is 7.11 Å². The van der Waals surface area contributed by atoms with Crippen LogP contribution in [0.3, 0.4) is 0 Å². The summed E-state index contributed by atoms with van der Waals surface area (Å²) in [5, 5.41) is 0. The predicted molar refractivity (Wildman–Crippen MR) is 81.1 cm³/mol. The van der Waals surface area contributed by atoms with E-state index in [1.165, 1.54) is 13.2 Å². The number of carbonyl (C=O) groups is 1. The molecule has 0 saturated heterocycles. The molecule has 2 aromatic rings. The molecule has 0 saturated carbocycles. The highest BCUT2D eigenvalue weighted by Crippen LogP contribution is 2.23. The van der Waals surface area contributed by atoms with E-state index in [2.05, 4.69) is 4.74 Å². The predicted octanol–water partition coefficient (Wildman–Crippen LogP) is 3.85. The minimum absolute atomic E-state index is 0.360. The molecule has 0 unspecified atom stereocenters. The first-order chi connectivity index (χ1) is 9.81. The van der Waals surface area contributed by atoms with E-state index in [-0.39, 0.29) is 5.97 Å². The summed E-state index contributed by atoms with van der Waals surface area (Å²) in [7, 11) is 1.37. The van der Waals surface area contributed by atoms with Crippen molar-refractivity contribution in [2.45, 2.75) is 0 Å². The van der Waals surface area contributed by atoms with Crippen LogP contribution in [-0.4, -0.2) is 13.1 Å². The van der Waals surface area contributed by atoms with Crippen LogP contribution in [0.2, 0.25) is 0 Å². The number of methoxy groups -OCH3 is 1. The molecule has 0 radical (unpaired) electrons. The minimum Gasteiger partial charge on any atom is -0.466 e. The van der Waals surface area contributed by atoms with E-state index in [1.54, 1.807) is 6.08 Å². The molecule has 2 nitrogen and oxygen atoms in total. The Morgan fingerprint density at radius 1 is 0.900 bits per heavy atom. The Kier molecular flexibility index (Phi) is 4.90. The molecule has 0 N–H and O–H groups in total. The lowest BCUT2D eigenvalue weighted by Crippen LogP contribution is -1.93. The molecule has 0 amide bonds. The van der Waals surface area contributed by atoms with Crippen LogP contribution in [0, 0.1) is 0 Å². The monoisotopic (exact) mass is 264 g/mol. The second kappa shape index (κ2) is 7.10. The Hall–Kier alpha value is -2.61. The first-order valence-corrected chi connectivity index (χ1v) is 6.38. The summed E-state index contributed by atoms with van der Waals surface area (Å²) in [6, 6.07) is 20.1. The van der Waals surface area contributed by atoms with Crippen LogP contribution in [0.4, 0.5) is 0 Å². The number of benzene rings is 2. The molecule has 0 aliphatic heterocycles. The van der Waals surface area contributed by atoms with Gasteiger partial charge in [0.15, 0.2) is 0 Å². The van der Waals surface area contributed by atoms with E-state index >= 15 is 0 Å². The molecule has 0 aliphatic carbocycles. The number of allylic oxidation sites excluding steroid dienone is 2. The maximum absolute atomic E-state index is 11.1. The van der Waals surface area contributed by atoms with Crippen molar-refractivity contribution in [3.63, 3.8) is 0 Å². The van der Waals surface area contributed by atoms with Gasteiger partial charge in [0, 0.05) is 6.08 Å². The molecule has 2 rings (SSSR count). The first-order valence-electron chi connectivity index (χ1n) is 6.38. The van der Waals surface area contributed by atoms with Gasteiger partial charge in [0.1, 0.15) is 0 Å². The molecule has 2 heteroatoms. The molecular formula is C18H16O2. The average molecular weight is 264 g/mol. The standard InChI is InChI=1S/C18H16O2/c1-20-18(19)14-8-13-17(15-9-4-2-5-10-15)16-11-6-3-7-12-16/h2-14H,1H3/b14-8+. The SMILES string of the molecule is COC(=O)/C=C/C=C(c1ccccc1)c1ccccc1. The Labute approximate surface area is 119 Å². The van der Waals surface area contributed by atoms with Crippen molar-refractivity contribution >= 4 is 11.5 Å². The molecule has 0 aromatic heterocycles. The number of rotatable bonds is 4. The van der Waals surface area contributed by atoms with E-state index in [0.29, 0.717) is 0 Å². The molecule has 2 aromatic carbocycles. The summed E-state index contributed by atoms with van der Waals surface area (Å²) in [6.45, 7) is 0. The second-order valence-electron chi connectivity index (χ2n) is 4.19. The van der Waals surface area contributed by atoms with Crippen molar-refractivity contribution in [3.05, 3.63) is 90.0 Å². The summed E-state index contributed by atoms with van der Waals surface area (Å²) >= 11 is 0. The normalized spacial score (nSPS) is 10.2. The van der Waals surface area contributed by atoms with Crippen LogP contribution in [0.1, 0.15) is 11.1 Å². The molecule has 0 aliphatic rings. The summed E-state index contributed by atoms with van der Waals surface area (Å²) in [5.74, 6) is -0.360. The fourth-order valence-electron chi connectivity index (χ4n) is 1.89. The van der Waals surface area contributed by atoms with Crippen molar-refractivity contribution in [1.82, 2.24) is 0 Å². The zero-order valence-corrected chi connectivity index (χ0v) is 11.3. The van der Waals surface area contributed by atoms with Crippen LogP contribution in [-0.2, 0) is 9.53 Å². The molecule has 0 heterocycles. The first kappa shape index (κ1) is 13.8. The van der Waals surface area contributed by atoms with Crippen molar-refractivity contribution in [1.29, 1.82) is 0 Å². The smallest absolute Gasteiger partial charge is 0.330 e. The quantitative estimate of drug-likeness (QED) is 0.476. The van der Waals surface area contributed by atoms with Gasteiger partial charge in [-0.3, -0.25) is 0 Å². The van der Waals surface area contributed by atoms with Crippen molar-refractivity contribution < 1.29 is 9.53 Å². The highest BCUT2D eigenvalue weighted by atomic mass is 16.5. The van der Waals surface area contributed by atoms with Gasteiger partial charge in [0.25, 0.3) is 0 Å². The summed E-state index contributed by atoms with van der Waals surface area (Å²) in [6.07, 6.45) is 5.04. The van der Waals surface area contributed by atoms with Gasteiger partial charge in [0.2, 0.25) is 0 Å². The maximum atomic E-state index is 11.1. The van der Waals surface area contributed by atoms with Crippen molar-refractivity contribution in [2.75, 3.05) is 7.11 Å². The lowest BCUT2D eigenvalue weighted by molar-refractivity contribution is -0.134. The zero-order valence-electron chi connectivity index (χ0n) is 11.3. The van der Waals surface area contributed by atoms with Crippen LogP contribution < -0.4 is 0 Å². The highest BCUT2D eigenvalue weighted by Gasteiger charge is 2.02. The Bertz CT molecular complexity index is 569. The van der Waals surface area contributed by atoms with E-state index < -0.39 is 0 Å². The lowest BCUT2D eigenvalue weighted by atomic mass is 9.97. The maximum Gasteiger partial charge on any atom is 0.330 e. The lowest BCUT2D eigenvalue weighted by Gasteiger charge is -2.07. The van der Waals surface area contributed by atoms with Gasteiger partial charge in [-0.15, -0.1) is 0 Å². The number of hydrogen-bond acceptors (Lipinski definition) is 2. The molecule has 0 bridgehead atoms. The molecule has 0 spiro atoms. The number of carbonyl (C=O) groups excluding carboxylic acids is 1. The highest BCUT2D eigenvalue weighted by molar-refractivity contribution is 5.84. The van der Waals surface area contributed by atoms with Crippen LogP contribution in [0.25, 0.3) is 5.57 Å². The van der Waals surface area contributed by atoms with Crippen molar-refractivity contribution in [3.8, 4) is 0 Å². The summed E-state index contributed by atoms with van der Waals surface area (Å²) < 4.78 is 4.59. The summed E-state index contributed by atoms with van der Waals surface area (Å²) in [5.41, 5.74) is 3.27. The molecule has 100 valence electrons. The van der Waals surface area contributed by atoms with Crippen LogP contribution in [0.5, 0.6) is 0 Å². The van der Waals surface area contributed by atoms with Gasteiger partial charge in [-0.05, 0) is 16.7 Å². The largest absolute Gasteiger partial charge is 0.466 e. The van der Waals surface area contributed by atoms with E-state index in [0.717, 1.165) is 16.7 Å². The Morgan fingerprint density at radius 2 is 1.40 bits per heavy atom. The van der Waals surface area contributed by atoms with Gasteiger partial charge >= 0.3 is 5.97 Å². The molecule has 0 atom stereocenters. The van der Waals surface area contributed by atoms with E-state index in [1.807, 2.05) is 66.7 Å². The third-order valence-electron chi connectivity index (χ3n) is 2.87. The van der Waals surface area contributed by atoms with Crippen molar-refractivity contribution in [2.24, 2.45) is 0 Å². The van der Waals surface area contributed by atoms with Crippen LogP contribution >= 0.6 is 0 Å². The van der Waals surface area contributed by atoms with Gasteiger partial charge in [-0.25, -0.2) is 4.79 Å². The van der Waals surface area contributed by atoms with Gasteiger partial charge < -0.3 is 4.74 Å². The van der Waals surface area contributed by atoms with Gasteiger partial charge in [-0.1, -0.05) is 72.8 Å². The molecule has 0 fully saturated rings. The average Bonchev–Trinajstić information content (AvgIpc) is 2.53. The number of esters is 1. The topological polar surface area (TPSA) is 26.3 Å². The van der Waals surface area contributed by atoms with Gasteiger partial charge in [-0.2, -0.15) is 0 Å². The molecule has 20 heavy (non-hydrogen) atoms.